The smallest absolute Gasteiger partial charge is 0.300 e. The van der Waals surface area contributed by atoms with E-state index < -0.39 is 23.5 Å². The van der Waals surface area contributed by atoms with Crippen molar-refractivity contribution in [3.63, 3.8) is 0 Å². The Morgan fingerprint density at radius 1 is 1.09 bits per heavy atom. The number of rotatable bonds is 5. The molecule has 3 aromatic rings. The number of Topliss-reactive ketones (excluding diaryl/α,β-unsaturated/α-hetero) is 1. The zero-order valence-electron chi connectivity index (χ0n) is 18.4. The van der Waals surface area contributed by atoms with Gasteiger partial charge in [0.05, 0.1) is 23.2 Å². The number of benzene rings is 3. The van der Waals surface area contributed by atoms with Gasteiger partial charge in [0, 0.05) is 11.3 Å². The third-order valence-corrected chi connectivity index (χ3v) is 5.84. The van der Waals surface area contributed by atoms with Crippen molar-refractivity contribution in [3.8, 4) is 11.5 Å². The Morgan fingerprint density at radius 3 is 2.44 bits per heavy atom. The number of aromatic hydroxyl groups is 1. The number of carbonyl (C=O) groups excluding carboxylic acids is 2. The summed E-state index contributed by atoms with van der Waals surface area (Å²) in [7, 11) is 0. The summed E-state index contributed by atoms with van der Waals surface area (Å²) in [4.78, 5) is 27.5. The Hall–Kier alpha value is -3.84. The van der Waals surface area contributed by atoms with Gasteiger partial charge in [0.25, 0.3) is 11.7 Å². The molecule has 34 heavy (non-hydrogen) atoms. The molecule has 0 spiro atoms. The summed E-state index contributed by atoms with van der Waals surface area (Å²) in [5, 5.41) is 21.1. The van der Waals surface area contributed by atoms with E-state index in [0.717, 1.165) is 16.5 Å². The van der Waals surface area contributed by atoms with Gasteiger partial charge in [-0.2, -0.15) is 0 Å². The van der Waals surface area contributed by atoms with Crippen molar-refractivity contribution in [3.05, 3.63) is 93.8 Å². The lowest BCUT2D eigenvalue weighted by Gasteiger charge is -2.26. The van der Waals surface area contributed by atoms with Gasteiger partial charge in [0.1, 0.15) is 11.6 Å². The lowest BCUT2D eigenvalue weighted by molar-refractivity contribution is -0.132. The molecule has 2 N–H and O–H groups in total. The molecule has 174 valence electrons. The summed E-state index contributed by atoms with van der Waals surface area (Å²) < 4.78 is 19.3. The molecule has 1 aliphatic heterocycles. The highest BCUT2D eigenvalue weighted by molar-refractivity contribution is 6.51. The minimum Gasteiger partial charge on any atom is -0.507 e. The molecule has 6 nitrogen and oxygen atoms in total. The summed E-state index contributed by atoms with van der Waals surface area (Å²) in [6, 6.07) is 13.8. The molecular formula is C26H21ClFNO5. The molecule has 1 amide bonds. The third-order valence-electron chi connectivity index (χ3n) is 5.55. The zero-order chi connectivity index (χ0) is 24.6. The van der Waals surface area contributed by atoms with Crippen LogP contribution in [0.4, 0.5) is 10.1 Å². The van der Waals surface area contributed by atoms with Gasteiger partial charge in [-0.1, -0.05) is 47.5 Å². The first kappa shape index (κ1) is 23.3. The maximum Gasteiger partial charge on any atom is 0.300 e. The molecule has 4 rings (SSSR count). The van der Waals surface area contributed by atoms with Crippen LogP contribution in [0.15, 0.2) is 66.2 Å². The predicted octanol–water partition coefficient (Wildman–Crippen LogP) is 5.52. The second-order valence-electron chi connectivity index (χ2n) is 7.79. The van der Waals surface area contributed by atoms with Gasteiger partial charge in [-0.05, 0) is 49.7 Å². The number of hydrogen-bond donors (Lipinski definition) is 2. The number of aliphatic hydroxyl groups is 1. The molecule has 1 saturated heterocycles. The fraction of sp³-hybridized carbons (Fsp3) is 0.154. The molecule has 0 saturated carbocycles. The number of carbonyl (C=O) groups is 2. The molecule has 1 aliphatic rings. The van der Waals surface area contributed by atoms with E-state index >= 15 is 0 Å². The van der Waals surface area contributed by atoms with E-state index in [1.165, 1.54) is 30.3 Å². The molecule has 3 aromatic carbocycles. The normalized spacial score (nSPS) is 17.3. The maximum atomic E-state index is 13.8. The van der Waals surface area contributed by atoms with E-state index in [2.05, 4.69) is 0 Å². The van der Waals surface area contributed by atoms with E-state index in [-0.39, 0.29) is 40.1 Å². The largest absolute Gasteiger partial charge is 0.507 e. The van der Waals surface area contributed by atoms with Crippen LogP contribution in [-0.4, -0.2) is 28.5 Å². The van der Waals surface area contributed by atoms with Crippen LogP contribution >= 0.6 is 11.6 Å². The average Bonchev–Trinajstić information content (AvgIpc) is 3.08. The van der Waals surface area contributed by atoms with Crippen molar-refractivity contribution < 1.29 is 28.9 Å². The molecule has 0 aromatic heterocycles. The van der Waals surface area contributed by atoms with Crippen LogP contribution < -0.4 is 9.64 Å². The van der Waals surface area contributed by atoms with Crippen molar-refractivity contribution in [2.45, 2.75) is 19.9 Å². The van der Waals surface area contributed by atoms with Gasteiger partial charge < -0.3 is 14.9 Å². The first-order valence-corrected chi connectivity index (χ1v) is 10.9. The highest BCUT2D eigenvalue weighted by Gasteiger charge is 2.47. The van der Waals surface area contributed by atoms with Crippen LogP contribution in [0.1, 0.15) is 29.7 Å². The highest BCUT2D eigenvalue weighted by Crippen LogP contribution is 2.44. The molecule has 1 heterocycles. The maximum absolute atomic E-state index is 13.8. The summed E-state index contributed by atoms with van der Waals surface area (Å²) in [6.45, 7) is 3.90. The number of aryl methyl sites for hydroxylation is 1. The van der Waals surface area contributed by atoms with Crippen molar-refractivity contribution in [1.29, 1.82) is 0 Å². The molecule has 1 atom stereocenters. The van der Waals surface area contributed by atoms with Crippen molar-refractivity contribution in [2.24, 2.45) is 0 Å². The fourth-order valence-electron chi connectivity index (χ4n) is 3.89. The second-order valence-corrected chi connectivity index (χ2v) is 8.20. The summed E-state index contributed by atoms with van der Waals surface area (Å²) >= 11 is 5.95. The molecular weight excluding hydrogens is 461 g/mol. The van der Waals surface area contributed by atoms with Gasteiger partial charge >= 0.3 is 0 Å². The first-order valence-electron chi connectivity index (χ1n) is 10.5. The zero-order valence-corrected chi connectivity index (χ0v) is 19.1. The SMILES string of the molecule is CCOc1cc(C2/C(=C(\O)c3ccc(C)cc3)C(=O)C(=O)N2c2ccc(F)c(Cl)c2)ccc1O. The van der Waals surface area contributed by atoms with Gasteiger partial charge in [0.2, 0.25) is 0 Å². The van der Waals surface area contributed by atoms with Crippen LogP contribution in [0.5, 0.6) is 11.5 Å². The lowest BCUT2D eigenvalue weighted by Crippen LogP contribution is -2.29. The summed E-state index contributed by atoms with van der Waals surface area (Å²) in [5.74, 6) is -2.82. The highest BCUT2D eigenvalue weighted by atomic mass is 35.5. The summed E-state index contributed by atoms with van der Waals surface area (Å²) in [6.07, 6.45) is 0. The minimum atomic E-state index is -1.08. The van der Waals surface area contributed by atoms with Gasteiger partial charge in [-0.25, -0.2) is 4.39 Å². The number of halogens is 2. The van der Waals surface area contributed by atoms with Crippen LogP contribution in [-0.2, 0) is 9.59 Å². The summed E-state index contributed by atoms with van der Waals surface area (Å²) in [5.41, 5.74) is 1.73. The van der Waals surface area contributed by atoms with Crippen LogP contribution in [0.3, 0.4) is 0 Å². The number of aliphatic hydroxyl groups excluding tert-OH is 1. The number of ether oxygens (including phenoxy) is 1. The number of nitrogens with zero attached hydrogens (tertiary/aromatic N) is 1. The Balaban J connectivity index is 1.97. The van der Waals surface area contributed by atoms with Crippen molar-refractivity contribution in [1.82, 2.24) is 0 Å². The standard InChI is InChI=1S/C26H21ClFNO5/c1-3-34-21-12-16(8-11-20(21)30)23-22(24(31)15-6-4-14(2)5-7-15)25(32)26(33)29(23)17-9-10-19(28)18(27)13-17/h4-13,23,30-31H,3H2,1-2H3/b24-22+. The predicted molar refractivity (Wildman–Crippen MR) is 127 cm³/mol. The Kier molecular flexibility index (Phi) is 6.30. The van der Waals surface area contributed by atoms with Crippen LogP contribution in [0, 0.1) is 12.7 Å². The topological polar surface area (TPSA) is 87.1 Å². The molecule has 1 fully saturated rings. The Morgan fingerprint density at radius 2 is 1.79 bits per heavy atom. The number of phenols is 1. The van der Waals surface area contributed by atoms with Gasteiger partial charge in [-0.3, -0.25) is 14.5 Å². The third kappa shape index (κ3) is 4.10. The quantitative estimate of drug-likeness (QED) is 0.285. The van der Waals surface area contributed by atoms with Crippen molar-refractivity contribution in [2.75, 3.05) is 11.5 Å². The van der Waals surface area contributed by atoms with Crippen LogP contribution in [0.2, 0.25) is 5.02 Å². The van der Waals surface area contributed by atoms with E-state index in [4.69, 9.17) is 16.3 Å². The average molecular weight is 482 g/mol. The van der Waals surface area contributed by atoms with Gasteiger partial charge in [0.15, 0.2) is 11.5 Å². The molecule has 0 radical (unpaired) electrons. The number of phenolic OH excluding ortho intramolecular Hbond substituents is 1. The number of amides is 1. The Labute approximate surface area is 200 Å². The number of anilines is 1. The molecule has 8 heteroatoms. The van der Waals surface area contributed by atoms with E-state index in [0.29, 0.717) is 11.1 Å². The minimum absolute atomic E-state index is 0.120. The van der Waals surface area contributed by atoms with Crippen molar-refractivity contribution >= 4 is 34.7 Å². The fourth-order valence-corrected chi connectivity index (χ4v) is 4.06. The second kappa shape index (κ2) is 9.19. The molecule has 0 aliphatic carbocycles. The monoisotopic (exact) mass is 481 g/mol. The lowest BCUT2D eigenvalue weighted by atomic mass is 9.94. The van der Waals surface area contributed by atoms with Crippen LogP contribution in [0.25, 0.3) is 5.76 Å². The van der Waals surface area contributed by atoms with E-state index in [9.17, 15) is 24.2 Å². The number of ketones is 1. The molecule has 0 bridgehead atoms. The van der Waals surface area contributed by atoms with E-state index in [1.54, 1.807) is 31.2 Å². The van der Waals surface area contributed by atoms with Gasteiger partial charge in [-0.15, -0.1) is 0 Å². The first-order chi connectivity index (χ1) is 16.2. The Bertz CT molecular complexity index is 1320. The van der Waals surface area contributed by atoms with E-state index in [1.807, 2.05) is 6.92 Å². The number of hydrogen-bond acceptors (Lipinski definition) is 5. The molecule has 1 unspecified atom stereocenters.